The fraction of sp³-hybridized carbons (Fsp3) is 0.417. The van der Waals surface area contributed by atoms with Crippen LogP contribution in [0, 0.1) is 0 Å². The second-order valence-electron chi connectivity index (χ2n) is 3.24. The van der Waals surface area contributed by atoms with Gasteiger partial charge >= 0.3 is 0 Å². The summed E-state index contributed by atoms with van der Waals surface area (Å²) < 4.78 is 10.7. The summed E-state index contributed by atoms with van der Waals surface area (Å²) in [5.74, 6) is 1.24. The first-order chi connectivity index (χ1) is 7.81. The monoisotopic (exact) mass is 221 g/mol. The molecule has 0 radical (unpaired) electrons. The number of unbranched alkanes of at least 4 members (excludes halogenated alkanes) is 1. The van der Waals surface area contributed by atoms with Crippen LogP contribution in [0.2, 0.25) is 0 Å². The minimum atomic E-state index is 0.516. The van der Waals surface area contributed by atoms with Gasteiger partial charge in [0.2, 0.25) is 6.08 Å². The number of hydrogen-bond acceptors (Lipinski definition) is 4. The van der Waals surface area contributed by atoms with E-state index in [4.69, 9.17) is 9.47 Å². The number of carbonyl (C=O) groups excluding carboxylic acids is 1. The zero-order chi connectivity index (χ0) is 11.8. The molecule has 0 atom stereocenters. The molecule has 0 saturated heterocycles. The topological polar surface area (TPSA) is 47.9 Å². The zero-order valence-electron chi connectivity index (χ0n) is 9.53. The maximum absolute atomic E-state index is 10.1. The summed E-state index contributed by atoms with van der Waals surface area (Å²) in [5, 5.41) is 0. The number of rotatable bonds is 6. The molecule has 0 aliphatic rings. The Bertz CT molecular complexity index is 384. The largest absolute Gasteiger partial charge is 0.493 e. The molecule has 0 aromatic heterocycles. The third-order valence-corrected chi connectivity index (χ3v) is 2.08. The molecule has 0 saturated carbocycles. The molecule has 16 heavy (non-hydrogen) atoms. The van der Waals surface area contributed by atoms with Crippen molar-refractivity contribution in [2.75, 3.05) is 13.7 Å². The number of isocyanates is 1. The van der Waals surface area contributed by atoms with Crippen LogP contribution in [0.5, 0.6) is 11.5 Å². The molecule has 0 spiro atoms. The van der Waals surface area contributed by atoms with Crippen molar-refractivity contribution in [2.24, 2.45) is 4.99 Å². The molecule has 0 aliphatic carbocycles. The van der Waals surface area contributed by atoms with Crippen LogP contribution in [0.4, 0.5) is 5.69 Å². The first kappa shape index (κ1) is 12.3. The highest BCUT2D eigenvalue weighted by molar-refractivity contribution is 5.55. The maximum Gasteiger partial charge on any atom is 0.240 e. The van der Waals surface area contributed by atoms with Crippen LogP contribution < -0.4 is 9.47 Å². The van der Waals surface area contributed by atoms with Gasteiger partial charge in [-0.15, -0.1) is 0 Å². The van der Waals surface area contributed by atoms with E-state index in [0.717, 1.165) is 12.8 Å². The molecule has 0 bridgehead atoms. The lowest BCUT2D eigenvalue weighted by atomic mass is 10.3. The highest BCUT2D eigenvalue weighted by Gasteiger charge is 2.05. The normalized spacial score (nSPS) is 9.38. The molecule has 86 valence electrons. The second kappa shape index (κ2) is 6.64. The molecule has 4 heteroatoms. The van der Waals surface area contributed by atoms with Gasteiger partial charge in [-0.1, -0.05) is 13.3 Å². The Kier molecular flexibility index (Phi) is 5.09. The zero-order valence-corrected chi connectivity index (χ0v) is 9.53. The van der Waals surface area contributed by atoms with Crippen molar-refractivity contribution in [1.29, 1.82) is 0 Å². The van der Waals surface area contributed by atoms with Crippen molar-refractivity contribution in [3.63, 3.8) is 0 Å². The van der Waals surface area contributed by atoms with E-state index in [1.54, 1.807) is 25.3 Å². The van der Waals surface area contributed by atoms with Crippen LogP contribution in [0.25, 0.3) is 0 Å². The highest BCUT2D eigenvalue weighted by atomic mass is 16.5. The number of methoxy groups -OCH3 is 1. The van der Waals surface area contributed by atoms with Crippen molar-refractivity contribution < 1.29 is 14.3 Å². The fourth-order valence-corrected chi connectivity index (χ4v) is 1.23. The average molecular weight is 221 g/mol. The Hall–Kier alpha value is -1.80. The average Bonchev–Trinajstić information content (AvgIpc) is 2.30. The third-order valence-electron chi connectivity index (χ3n) is 2.08. The third kappa shape index (κ3) is 3.41. The van der Waals surface area contributed by atoms with Gasteiger partial charge in [-0.25, -0.2) is 4.79 Å². The quantitative estimate of drug-likeness (QED) is 0.421. The van der Waals surface area contributed by atoms with E-state index in [9.17, 15) is 4.79 Å². The molecule has 0 unspecified atom stereocenters. The maximum atomic E-state index is 10.1. The van der Waals surface area contributed by atoms with Crippen LogP contribution in [0.3, 0.4) is 0 Å². The minimum Gasteiger partial charge on any atom is -0.493 e. The van der Waals surface area contributed by atoms with Crippen LogP contribution in [-0.2, 0) is 4.79 Å². The van der Waals surface area contributed by atoms with Gasteiger partial charge in [-0.3, -0.25) is 0 Å². The molecule has 0 aliphatic heterocycles. The summed E-state index contributed by atoms with van der Waals surface area (Å²) in [7, 11) is 1.57. The number of aliphatic imine (C=N–C) groups is 1. The SMILES string of the molecule is CCCCOc1cc(N=C=O)ccc1OC. The van der Waals surface area contributed by atoms with E-state index in [2.05, 4.69) is 11.9 Å². The Balaban J connectivity index is 2.84. The Labute approximate surface area is 94.9 Å². The lowest BCUT2D eigenvalue weighted by Gasteiger charge is -2.10. The molecule has 4 nitrogen and oxygen atoms in total. The molecule has 0 N–H and O–H groups in total. The van der Waals surface area contributed by atoms with Gasteiger partial charge in [0, 0.05) is 6.07 Å². The van der Waals surface area contributed by atoms with Crippen molar-refractivity contribution in [3.05, 3.63) is 18.2 Å². The van der Waals surface area contributed by atoms with Crippen LogP contribution in [-0.4, -0.2) is 19.8 Å². The number of hydrogen-bond donors (Lipinski definition) is 0. The van der Waals surface area contributed by atoms with Gasteiger partial charge in [0.1, 0.15) is 0 Å². The molecule has 1 aromatic carbocycles. The van der Waals surface area contributed by atoms with Crippen molar-refractivity contribution in [3.8, 4) is 11.5 Å². The predicted molar refractivity (Wildman–Crippen MR) is 61.2 cm³/mol. The van der Waals surface area contributed by atoms with Gasteiger partial charge in [-0.05, 0) is 18.6 Å². The van der Waals surface area contributed by atoms with Crippen LogP contribution in [0.15, 0.2) is 23.2 Å². The fourth-order valence-electron chi connectivity index (χ4n) is 1.23. The number of nitrogens with zero attached hydrogens (tertiary/aromatic N) is 1. The van der Waals surface area contributed by atoms with E-state index >= 15 is 0 Å². The van der Waals surface area contributed by atoms with E-state index in [1.807, 2.05) is 0 Å². The molecule has 1 rings (SSSR count). The van der Waals surface area contributed by atoms with Gasteiger partial charge in [0.15, 0.2) is 11.5 Å². The number of ether oxygens (including phenoxy) is 2. The van der Waals surface area contributed by atoms with E-state index in [-0.39, 0.29) is 0 Å². The van der Waals surface area contributed by atoms with Gasteiger partial charge in [0.05, 0.1) is 19.4 Å². The smallest absolute Gasteiger partial charge is 0.240 e. The standard InChI is InChI=1S/C12H15NO3/c1-3-4-7-16-12-8-10(13-9-14)5-6-11(12)15-2/h5-6,8H,3-4,7H2,1-2H3. The molecule has 1 aromatic rings. The van der Waals surface area contributed by atoms with E-state index in [1.165, 1.54) is 6.08 Å². The van der Waals surface area contributed by atoms with Gasteiger partial charge < -0.3 is 9.47 Å². The van der Waals surface area contributed by atoms with Crippen LogP contribution in [0.1, 0.15) is 19.8 Å². The second-order valence-corrected chi connectivity index (χ2v) is 3.24. The minimum absolute atomic E-state index is 0.516. The molecule has 0 fully saturated rings. The lowest BCUT2D eigenvalue weighted by Crippen LogP contribution is -1.98. The molecule has 0 heterocycles. The summed E-state index contributed by atoms with van der Waals surface area (Å²) >= 11 is 0. The van der Waals surface area contributed by atoms with Gasteiger partial charge in [0.25, 0.3) is 0 Å². The van der Waals surface area contributed by atoms with Crippen molar-refractivity contribution in [1.82, 2.24) is 0 Å². The van der Waals surface area contributed by atoms with E-state index < -0.39 is 0 Å². The Morgan fingerprint density at radius 3 is 2.81 bits per heavy atom. The van der Waals surface area contributed by atoms with E-state index in [0.29, 0.717) is 23.8 Å². The summed E-state index contributed by atoms with van der Waals surface area (Å²) in [5.41, 5.74) is 0.516. The summed E-state index contributed by atoms with van der Waals surface area (Å²) in [6, 6.07) is 5.06. The first-order valence-corrected chi connectivity index (χ1v) is 5.20. The van der Waals surface area contributed by atoms with Crippen LogP contribution >= 0.6 is 0 Å². The lowest BCUT2D eigenvalue weighted by molar-refractivity contribution is 0.288. The predicted octanol–water partition coefficient (Wildman–Crippen LogP) is 2.84. The molecule has 0 amide bonds. The van der Waals surface area contributed by atoms with Crippen molar-refractivity contribution in [2.45, 2.75) is 19.8 Å². The summed E-state index contributed by atoms with van der Waals surface area (Å²) in [6.07, 6.45) is 3.54. The van der Waals surface area contributed by atoms with Gasteiger partial charge in [-0.2, -0.15) is 4.99 Å². The highest BCUT2D eigenvalue weighted by Crippen LogP contribution is 2.31. The number of benzene rings is 1. The Morgan fingerprint density at radius 2 is 2.19 bits per heavy atom. The Morgan fingerprint density at radius 1 is 1.38 bits per heavy atom. The molecular formula is C12H15NO3. The molecular weight excluding hydrogens is 206 g/mol. The summed E-state index contributed by atoms with van der Waals surface area (Å²) in [4.78, 5) is 13.7. The first-order valence-electron chi connectivity index (χ1n) is 5.20. The van der Waals surface area contributed by atoms with Crippen molar-refractivity contribution >= 4 is 11.8 Å². The summed E-state index contributed by atoms with van der Waals surface area (Å²) in [6.45, 7) is 2.72.